The number of benzene rings is 2. The summed E-state index contributed by atoms with van der Waals surface area (Å²) in [5, 5.41) is 11.8. The van der Waals surface area contributed by atoms with Gasteiger partial charge in [0.15, 0.2) is 0 Å². The zero-order valence-corrected chi connectivity index (χ0v) is 13.4. The Morgan fingerprint density at radius 3 is 2.65 bits per heavy atom. The van der Waals surface area contributed by atoms with Crippen molar-refractivity contribution in [2.75, 3.05) is 0 Å². The molecule has 1 aromatic heterocycles. The van der Waals surface area contributed by atoms with Gasteiger partial charge in [0.2, 0.25) is 0 Å². The van der Waals surface area contributed by atoms with E-state index in [4.69, 9.17) is 0 Å². The molecule has 0 spiro atoms. The Bertz CT molecular complexity index is 996. The van der Waals surface area contributed by atoms with E-state index in [-0.39, 0.29) is 23.4 Å². The zero-order valence-electron chi connectivity index (χ0n) is 13.4. The molecule has 2 N–H and O–H groups in total. The Balaban J connectivity index is 1.84. The number of nitrogens with one attached hydrogen (secondary N) is 1. The highest BCUT2D eigenvalue weighted by Crippen LogP contribution is 2.31. The predicted molar refractivity (Wildman–Crippen MR) is 85.0 cm³/mol. The van der Waals surface area contributed by atoms with Gasteiger partial charge in [-0.15, -0.1) is 0 Å². The number of hydrogen-bond donors (Lipinski definition) is 2. The topological polar surface area (TPSA) is 67.2 Å². The second-order valence-corrected chi connectivity index (χ2v) is 5.64. The third kappa shape index (κ3) is 3.32. The van der Waals surface area contributed by atoms with Gasteiger partial charge in [0.05, 0.1) is 28.7 Å². The van der Waals surface area contributed by atoms with Crippen LogP contribution < -0.4 is 5.32 Å². The van der Waals surface area contributed by atoms with Crippen molar-refractivity contribution < 1.29 is 27.5 Å². The van der Waals surface area contributed by atoms with Crippen molar-refractivity contribution >= 4 is 16.9 Å². The lowest BCUT2D eigenvalue weighted by Crippen LogP contribution is -2.25. The fourth-order valence-electron chi connectivity index (χ4n) is 2.53. The number of carbonyl (C=O) groups is 1. The molecule has 0 fully saturated rings. The van der Waals surface area contributed by atoms with E-state index in [0.29, 0.717) is 11.3 Å². The molecule has 0 radical (unpaired) electrons. The number of aryl methyl sites for hydroxylation is 1. The molecule has 0 unspecified atom stereocenters. The molecule has 0 bridgehead atoms. The van der Waals surface area contributed by atoms with E-state index >= 15 is 0 Å². The number of amides is 1. The number of phenols is 1. The Labute approximate surface area is 144 Å². The van der Waals surface area contributed by atoms with Crippen LogP contribution in [-0.2, 0) is 19.8 Å². The standard InChI is InChI=1S/C17H13F4N3O2/c1-24-14-5-2-9(17(19,20)21)6-13(14)23-15(24)8-22-16(26)11-7-10(25)3-4-12(11)18/h2-7,25H,8H2,1H3,(H,22,26). The lowest BCUT2D eigenvalue weighted by molar-refractivity contribution is -0.137. The van der Waals surface area contributed by atoms with Gasteiger partial charge in [-0.05, 0) is 36.4 Å². The summed E-state index contributed by atoms with van der Waals surface area (Å²) >= 11 is 0. The van der Waals surface area contributed by atoms with Crippen molar-refractivity contribution in [3.63, 3.8) is 0 Å². The fourth-order valence-corrected chi connectivity index (χ4v) is 2.53. The molecule has 0 aliphatic rings. The van der Waals surface area contributed by atoms with E-state index in [9.17, 15) is 27.5 Å². The van der Waals surface area contributed by atoms with Gasteiger partial charge in [-0.25, -0.2) is 9.37 Å². The molecule has 1 amide bonds. The first kappa shape index (κ1) is 17.7. The largest absolute Gasteiger partial charge is 0.508 e. The minimum absolute atomic E-state index is 0.125. The number of phenolic OH excluding ortho intramolecular Hbond substituents is 1. The van der Waals surface area contributed by atoms with Crippen LogP contribution in [0.15, 0.2) is 36.4 Å². The van der Waals surface area contributed by atoms with Crippen molar-refractivity contribution in [1.29, 1.82) is 0 Å². The van der Waals surface area contributed by atoms with Crippen LogP contribution in [0.25, 0.3) is 11.0 Å². The summed E-state index contributed by atoms with van der Waals surface area (Å²) < 4.78 is 53.5. The summed E-state index contributed by atoms with van der Waals surface area (Å²) in [6.07, 6.45) is -4.48. The highest BCUT2D eigenvalue weighted by atomic mass is 19.4. The van der Waals surface area contributed by atoms with E-state index < -0.39 is 23.5 Å². The predicted octanol–water partition coefficient (Wildman–Crippen LogP) is 3.37. The quantitative estimate of drug-likeness (QED) is 0.698. The van der Waals surface area contributed by atoms with Crippen molar-refractivity contribution in [3.8, 4) is 5.75 Å². The highest BCUT2D eigenvalue weighted by Gasteiger charge is 2.31. The van der Waals surface area contributed by atoms with Crippen molar-refractivity contribution in [2.45, 2.75) is 12.7 Å². The number of carbonyl (C=O) groups excluding carboxylic acids is 1. The van der Waals surface area contributed by atoms with Crippen molar-refractivity contribution in [1.82, 2.24) is 14.9 Å². The minimum Gasteiger partial charge on any atom is -0.508 e. The molecule has 2 aromatic carbocycles. The van der Waals surface area contributed by atoms with E-state index in [1.807, 2.05) is 0 Å². The van der Waals surface area contributed by atoms with Crippen LogP contribution in [0.2, 0.25) is 0 Å². The van der Waals surface area contributed by atoms with Gasteiger partial charge in [0.25, 0.3) is 5.91 Å². The number of rotatable bonds is 3. The maximum Gasteiger partial charge on any atom is 0.416 e. The minimum atomic E-state index is -4.48. The van der Waals surface area contributed by atoms with Gasteiger partial charge in [0.1, 0.15) is 17.4 Å². The van der Waals surface area contributed by atoms with Crippen LogP contribution in [0.4, 0.5) is 17.6 Å². The number of halogens is 4. The zero-order chi connectivity index (χ0) is 19.1. The molecule has 9 heteroatoms. The van der Waals surface area contributed by atoms with Crippen molar-refractivity contribution in [3.05, 3.63) is 59.2 Å². The van der Waals surface area contributed by atoms with Gasteiger partial charge in [0, 0.05) is 7.05 Å². The van der Waals surface area contributed by atoms with Crippen LogP contribution in [0, 0.1) is 5.82 Å². The van der Waals surface area contributed by atoms with Crippen LogP contribution in [0.3, 0.4) is 0 Å². The average Bonchev–Trinajstić information content (AvgIpc) is 2.89. The van der Waals surface area contributed by atoms with Gasteiger partial charge in [-0.2, -0.15) is 13.2 Å². The lowest BCUT2D eigenvalue weighted by Gasteiger charge is -2.07. The second kappa shape index (κ2) is 6.32. The number of nitrogens with zero attached hydrogens (tertiary/aromatic N) is 2. The molecule has 1 heterocycles. The van der Waals surface area contributed by atoms with E-state index in [2.05, 4.69) is 10.3 Å². The SMILES string of the molecule is Cn1c(CNC(=O)c2cc(O)ccc2F)nc2cc(C(F)(F)F)ccc21. The molecule has 3 aromatic rings. The molecule has 0 saturated carbocycles. The van der Waals surface area contributed by atoms with E-state index in [1.165, 1.54) is 10.6 Å². The van der Waals surface area contributed by atoms with Crippen LogP contribution in [0.5, 0.6) is 5.75 Å². The Kier molecular flexibility index (Phi) is 4.31. The summed E-state index contributed by atoms with van der Waals surface area (Å²) in [4.78, 5) is 16.2. The summed E-state index contributed by atoms with van der Waals surface area (Å²) in [5.74, 6) is -1.55. The molecule has 136 valence electrons. The molecule has 0 atom stereocenters. The van der Waals surface area contributed by atoms with Crippen LogP contribution in [0.1, 0.15) is 21.7 Å². The first-order valence-corrected chi connectivity index (χ1v) is 7.46. The number of fused-ring (bicyclic) bond motifs is 1. The lowest BCUT2D eigenvalue weighted by atomic mass is 10.2. The Morgan fingerprint density at radius 2 is 1.96 bits per heavy atom. The number of alkyl halides is 3. The smallest absolute Gasteiger partial charge is 0.416 e. The monoisotopic (exact) mass is 367 g/mol. The average molecular weight is 367 g/mol. The number of aromatic hydroxyl groups is 1. The molecule has 0 aliphatic heterocycles. The Hall–Kier alpha value is -3.10. The molecule has 0 aliphatic carbocycles. The summed E-state index contributed by atoms with van der Waals surface area (Å²) in [7, 11) is 1.60. The van der Waals surface area contributed by atoms with E-state index in [0.717, 1.165) is 30.3 Å². The van der Waals surface area contributed by atoms with Crippen LogP contribution in [-0.4, -0.2) is 20.6 Å². The highest BCUT2D eigenvalue weighted by molar-refractivity contribution is 5.94. The first-order chi connectivity index (χ1) is 12.2. The fraction of sp³-hybridized carbons (Fsp3) is 0.176. The summed E-state index contributed by atoms with van der Waals surface area (Å²) in [6.45, 7) is -0.125. The van der Waals surface area contributed by atoms with Gasteiger partial charge >= 0.3 is 6.18 Å². The van der Waals surface area contributed by atoms with Gasteiger partial charge in [-0.1, -0.05) is 0 Å². The normalized spacial score (nSPS) is 11.7. The molecule has 0 saturated heterocycles. The van der Waals surface area contributed by atoms with Crippen LogP contribution >= 0.6 is 0 Å². The molecule has 3 rings (SSSR count). The summed E-state index contributed by atoms with van der Waals surface area (Å²) in [6, 6.07) is 6.22. The molecular formula is C17H13F4N3O2. The maximum atomic E-state index is 13.6. The first-order valence-electron chi connectivity index (χ1n) is 7.46. The van der Waals surface area contributed by atoms with Crippen molar-refractivity contribution in [2.24, 2.45) is 7.05 Å². The third-order valence-electron chi connectivity index (χ3n) is 3.90. The van der Waals surface area contributed by atoms with Gasteiger partial charge < -0.3 is 15.0 Å². The Morgan fingerprint density at radius 1 is 1.23 bits per heavy atom. The van der Waals surface area contributed by atoms with E-state index in [1.54, 1.807) is 7.05 Å². The maximum absolute atomic E-state index is 13.6. The number of imidazole rings is 1. The third-order valence-corrected chi connectivity index (χ3v) is 3.90. The summed E-state index contributed by atoms with van der Waals surface area (Å²) in [5.41, 5.74) is -0.565. The number of hydrogen-bond acceptors (Lipinski definition) is 3. The van der Waals surface area contributed by atoms with Gasteiger partial charge in [-0.3, -0.25) is 4.79 Å². The molecule has 5 nitrogen and oxygen atoms in total. The number of aromatic nitrogens is 2. The second-order valence-electron chi connectivity index (χ2n) is 5.64. The molecule has 26 heavy (non-hydrogen) atoms. The molecular weight excluding hydrogens is 354 g/mol.